The van der Waals surface area contributed by atoms with Crippen LogP contribution in [0.1, 0.15) is 13.8 Å². The molecule has 0 unspecified atom stereocenters. The fourth-order valence-electron chi connectivity index (χ4n) is 2.62. The van der Waals surface area contributed by atoms with Crippen molar-refractivity contribution in [2.45, 2.75) is 26.9 Å². The Kier molecular flexibility index (Phi) is 6.92. The van der Waals surface area contributed by atoms with Crippen molar-refractivity contribution in [1.82, 2.24) is 14.0 Å². The average Bonchev–Trinajstić information content (AvgIpc) is 2.74. The number of nitrogens with zero attached hydrogens (tertiary/aromatic N) is 3. The van der Waals surface area contributed by atoms with Gasteiger partial charge in [-0.2, -0.15) is 0 Å². The van der Waals surface area contributed by atoms with Crippen LogP contribution in [0.2, 0.25) is 0 Å². The van der Waals surface area contributed by atoms with Gasteiger partial charge in [0.25, 0.3) is 0 Å². The largest absolute Gasteiger partial charge is 0.309 e. The van der Waals surface area contributed by atoms with Gasteiger partial charge in [0.1, 0.15) is 0 Å². The maximum absolute atomic E-state index is 8.40. The second-order valence-corrected chi connectivity index (χ2v) is 4.89. The Hall–Kier alpha value is -1.33. The smallest absolute Gasteiger partial charge is 0.203 e. The summed E-state index contributed by atoms with van der Waals surface area (Å²) in [5, 5.41) is 8.40. The Labute approximate surface area is 137 Å². The second-order valence-electron chi connectivity index (χ2n) is 4.89. The SMILES string of the molecule is Br.C=CCn1c(=N)n(CCN(CC)CC)c2ccccc21. The molecule has 0 aliphatic carbocycles. The number of hydrogen-bond donors (Lipinski definition) is 1. The van der Waals surface area contributed by atoms with Crippen molar-refractivity contribution in [3.8, 4) is 0 Å². The van der Waals surface area contributed by atoms with Crippen LogP contribution in [0.4, 0.5) is 0 Å². The van der Waals surface area contributed by atoms with Gasteiger partial charge in [0.2, 0.25) is 5.62 Å². The highest BCUT2D eigenvalue weighted by Crippen LogP contribution is 2.12. The zero-order valence-corrected chi connectivity index (χ0v) is 14.6. The molecule has 0 fully saturated rings. The van der Waals surface area contributed by atoms with Crippen LogP contribution in [0.5, 0.6) is 0 Å². The van der Waals surface area contributed by atoms with Crippen molar-refractivity contribution in [3.05, 3.63) is 42.5 Å². The number of allylic oxidation sites excluding steroid dienone is 1. The summed E-state index contributed by atoms with van der Waals surface area (Å²) >= 11 is 0. The van der Waals surface area contributed by atoms with E-state index in [2.05, 4.69) is 42.0 Å². The summed E-state index contributed by atoms with van der Waals surface area (Å²) < 4.78 is 4.10. The van der Waals surface area contributed by atoms with Crippen LogP contribution in [-0.4, -0.2) is 33.7 Å². The van der Waals surface area contributed by atoms with E-state index in [1.165, 1.54) is 0 Å². The molecule has 2 rings (SSSR count). The Morgan fingerprint density at radius 1 is 1.14 bits per heavy atom. The van der Waals surface area contributed by atoms with E-state index in [9.17, 15) is 0 Å². The summed E-state index contributed by atoms with van der Waals surface area (Å²) in [6.45, 7) is 12.8. The number of likely N-dealkylation sites (N-methyl/N-ethyl adjacent to an activating group) is 1. The average molecular weight is 353 g/mol. The van der Waals surface area contributed by atoms with E-state index in [0.717, 1.165) is 37.2 Å². The lowest BCUT2D eigenvalue weighted by molar-refractivity contribution is 0.289. The first-order valence-corrected chi connectivity index (χ1v) is 7.28. The van der Waals surface area contributed by atoms with Gasteiger partial charge in [-0.25, -0.2) is 0 Å². The third-order valence-corrected chi connectivity index (χ3v) is 3.82. The van der Waals surface area contributed by atoms with E-state index in [1.807, 2.05) is 22.8 Å². The Balaban J connectivity index is 0.00000220. The number of halogens is 1. The molecule has 116 valence electrons. The van der Waals surface area contributed by atoms with Crippen molar-refractivity contribution in [3.63, 3.8) is 0 Å². The van der Waals surface area contributed by atoms with Gasteiger partial charge in [0, 0.05) is 19.6 Å². The molecule has 1 aromatic heterocycles. The molecule has 0 aliphatic rings. The van der Waals surface area contributed by atoms with Crippen molar-refractivity contribution in [1.29, 1.82) is 5.41 Å². The quantitative estimate of drug-likeness (QED) is 0.764. The third kappa shape index (κ3) is 3.66. The highest BCUT2D eigenvalue weighted by molar-refractivity contribution is 8.93. The predicted octanol–water partition coefficient (Wildman–Crippen LogP) is 3.03. The normalized spacial score (nSPS) is 10.8. The molecule has 1 aromatic carbocycles. The fourth-order valence-corrected chi connectivity index (χ4v) is 2.62. The molecular weight excluding hydrogens is 328 g/mol. The molecule has 5 heteroatoms. The lowest BCUT2D eigenvalue weighted by Gasteiger charge is -2.18. The number of benzene rings is 1. The van der Waals surface area contributed by atoms with Gasteiger partial charge in [0.05, 0.1) is 11.0 Å². The van der Waals surface area contributed by atoms with E-state index in [-0.39, 0.29) is 17.0 Å². The van der Waals surface area contributed by atoms with Crippen LogP contribution in [0.25, 0.3) is 11.0 Å². The summed E-state index contributed by atoms with van der Waals surface area (Å²) in [5.74, 6) is 0. The van der Waals surface area contributed by atoms with Gasteiger partial charge in [0.15, 0.2) is 0 Å². The van der Waals surface area contributed by atoms with E-state index in [1.54, 1.807) is 0 Å². The van der Waals surface area contributed by atoms with Gasteiger partial charge in [-0.15, -0.1) is 23.6 Å². The van der Waals surface area contributed by atoms with E-state index in [4.69, 9.17) is 5.41 Å². The lowest BCUT2D eigenvalue weighted by atomic mass is 10.3. The van der Waals surface area contributed by atoms with Crippen molar-refractivity contribution in [2.75, 3.05) is 19.6 Å². The topological polar surface area (TPSA) is 37.0 Å². The minimum atomic E-state index is 0. The summed E-state index contributed by atoms with van der Waals surface area (Å²) in [7, 11) is 0. The summed E-state index contributed by atoms with van der Waals surface area (Å²) in [6, 6.07) is 8.23. The predicted molar refractivity (Wildman–Crippen MR) is 94.1 cm³/mol. The monoisotopic (exact) mass is 352 g/mol. The first-order chi connectivity index (χ1) is 9.72. The van der Waals surface area contributed by atoms with Gasteiger partial charge in [-0.1, -0.05) is 32.1 Å². The van der Waals surface area contributed by atoms with Gasteiger partial charge >= 0.3 is 0 Å². The molecule has 1 heterocycles. The highest BCUT2D eigenvalue weighted by Gasteiger charge is 2.10. The number of aromatic nitrogens is 2. The molecule has 0 amide bonds. The molecule has 0 spiro atoms. The van der Waals surface area contributed by atoms with E-state index in [0.29, 0.717) is 12.2 Å². The standard InChI is InChI=1S/C16H24N4.BrH/c1-4-11-19-14-9-7-8-10-15(14)20(16(19)17)13-12-18(5-2)6-3;/h4,7-10,17H,1,5-6,11-13H2,2-3H3;1H. The van der Waals surface area contributed by atoms with Crippen LogP contribution in [-0.2, 0) is 13.1 Å². The molecule has 0 saturated carbocycles. The summed E-state index contributed by atoms with van der Waals surface area (Å²) in [4.78, 5) is 2.38. The van der Waals surface area contributed by atoms with E-state index < -0.39 is 0 Å². The Morgan fingerprint density at radius 3 is 2.24 bits per heavy atom. The zero-order chi connectivity index (χ0) is 14.5. The second kappa shape index (κ2) is 8.20. The zero-order valence-electron chi connectivity index (χ0n) is 12.9. The number of nitrogens with one attached hydrogen (secondary N) is 1. The molecule has 0 aliphatic heterocycles. The molecule has 2 aromatic rings. The molecule has 21 heavy (non-hydrogen) atoms. The van der Waals surface area contributed by atoms with Gasteiger partial charge < -0.3 is 14.0 Å². The Morgan fingerprint density at radius 2 is 1.71 bits per heavy atom. The molecule has 0 radical (unpaired) electrons. The number of hydrogen-bond acceptors (Lipinski definition) is 2. The van der Waals surface area contributed by atoms with E-state index >= 15 is 0 Å². The van der Waals surface area contributed by atoms with Crippen molar-refractivity contribution in [2.24, 2.45) is 0 Å². The van der Waals surface area contributed by atoms with Crippen LogP contribution < -0.4 is 5.62 Å². The molecular formula is C16H25BrN4. The maximum atomic E-state index is 8.40. The molecule has 1 N–H and O–H groups in total. The van der Waals surface area contributed by atoms with Crippen molar-refractivity contribution >= 4 is 28.0 Å². The lowest BCUT2D eigenvalue weighted by Crippen LogP contribution is -2.31. The van der Waals surface area contributed by atoms with Crippen LogP contribution in [0.3, 0.4) is 0 Å². The first kappa shape index (κ1) is 17.7. The third-order valence-electron chi connectivity index (χ3n) is 3.82. The molecule has 0 saturated heterocycles. The maximum Gasteiger partial charge on any atom is 0.203 e. The molecule has 4 nitrogen and oxygen atoms in total. The van der Waals surface area contributed by atoms with Crippen molar-refractivity contribution < 1.29 is 0 Å². The number of imidazole rings is 1. The van der Waals surface area contributed by atoms with Crippen LogP contribution in [0.15, 0.2) is 36.9 Å². The number of fused-ring (bicyclic) bond motifs is 1. The van der Waals surface area contributed by atoms with Gasteiger partial charge in [-0.3, -0.25) is 5.41 Å². The van der Waals surface area contributed by atoms with Crippen LogP contribution >= 0.6 is 17.0 Å². The molecule has 0 atom stereocenters. The summed E-state index contributed by atoms with van der Waals surface area (Å²) in [5.41, 5.74) is 2.79. The fraction of sp³-hybridized carbons (Fsp3) is 0.438. The number of rotatable bonds is 7. The highest BCUT2D eigenvalue weighted by atomic mass is 79.9. The first-order valence-electron chi connectivity index (χ1n) is 7.28. The molecule has 0 bridgehead atoms. The Bertz CT molecular complexity index is 637. The minimum absolute atomic E-state index is 0. The van der Waals surface area contributed by atoms with Crippen LogP contribution in [0, 0.1) is 5.41 Å². The summed E-state index contributed by atoms with van der Waals surface area (Å²) in [6.07, 6.45) is 1.85. The minimum Gasteiger partial charge on any atom is -0.309 e. The van der Waals surface area contributed by atoms with Gasteiger partial charge in [-0.05, 0) is 25.2 Å². The number of para-hydroxylation sites is 2.